The lowest BCUT2D eigenvalue weighted by Gasteiger charge is -2.08. The van der Waals surface area contributed by atoms with Gasteiger partial charge in [-0.3, -0.25) is 4.79 Å². The summed E-state index contributed by atoms with van der Waals surface area (Å²) in [6.07, 6.45) is 3.02. The molecule has 0 atom stereocenters. The van der Waals surface area contributed by atoms with Gasteiger partial charge in [0.05, 0.1) is 0 Å². The molecule has 104 valence electrons. The maximum Gasteiger partial charge on any atom is 0.194 e. The highest BCUT2D eigenvalue weighted by Crippen LogP contribution is 2.30. The maximum atomic E-state index is 12.6. The van der Waals surface area contributed by atoms with Crippen molar-refractivity contribution in [2.45, 2.75) is 18.2 Å². The van der Waals surface area contributed by atoms with Crippen molar-refractivity contribution in [2.24, 2.45) is 0 Å². The molecule has 0 aliphatic carbocycles. The number of aryl methyl sites for hydroxylation is 1. The number of ketones is 1. The van der Waals surface area contributed by atoms with Gasteiger partial charge in [-0.05, 0) is 68.9 Å². The van der Waals surface area contributed by atoms with Crippen molar-refractivity contribution in [2.75, 3.05) is 6.26 Å². The zero-order chi connectivity index (χ0) is 14.7. The van der Waals surface area contributed by atoms with Gasteiger partial charge in [0.15, 0.2) is 5.78 Å². The smallest absolute Gasteiger partial charge is 0.194 e. The first-order valence-corrected chi connectivity index (χ1v) is 9.33. The Labute approximate surface area is 145 Å². The van der Waals surface area contributed by atoms with Gasteiger partial charge in [-0.15, -0.1) is 11.8 Å². The second-order valence-electron chi connectivity index (χ2n) is 4.35. The van der Waals surface area contributed by atoms with E-state index in [1.807, 2.05) is 42.7 Å². The number of thioether (sulfide) groups is 1. The van der Waals surface area contributed by atoms with E-state index in [2.05, 4.69) is 45.4 Å². The molecule has 1 nitrogen and oxygen atoms in total. The number of hydrogen-bond donors (Lipinski definition) is 0. The molecule has 0 aliphatic rings. The zero-order valence-electron chi connectivity index (χ0n) is 11.2. The van der Waals surface area contributed by atoms with Gasteiger partial charge in [-0.25, -0.2) is 0 Å². The van der Waals surface area contributed by atoms with Gasteiger partial charge in [0, 0.05) is 24.1 Å². The SMILES string of the molecule is CCc1ccc(C(=O)c2cc(I)c(SC)cc2Br)cc1. The van der Waals surface area contributed by atoms with Crippen molar-refractivity contribution in [3.8, 4) is 0 Å². The molecule has 0 unspecified atom stereocenters. The molecule has 0 spiro atoms. The summed E-state index contributed by atoms with van der Waals surface area (Å²) in [4.78, 5) is 13.8. The monoisotopic (exact) mass is 460 g/mol. The van der Waals surface area contributed by atoms with Crippen LogP contribution in [0.5, 0.6) is 0 Å². The summed E-state index contributed by atoms with van der Waals surface area (Å²) in [5.41, 5.74) is 2.69. The molecule has 20 heavy (non-hydrogen) atoms. The van der Waals surface area contributed by atoms with Crippen LogP contribution in [0.25, 0.3) is 0 Å². The van der Waals surface area contributed by atoms with Gasteiger partial charge in [0.2, 0.25) is 0 Å². The van der Waals surface area contributed by atoms with Crippen molar-refractivity contribution in [3.05, 3.63) is 61.1 Å². The van der Waals surface area contributed by atoms with Crippen LogP contribution in [0.2, 0.25) is 0 Å². The molecule has 4 heteroatoms. The molecule has 0 bridgehead atoms. The highest BCUT2D eigenvalue weighted by Gasteiger charge is 2.15. The van der Waals surface area contributed by atoms with Crippen LogP contribution in [0.1, 0.15) is 28.4 Å². The van der Waals surface area contributed by atoms with Crippen molar-refractivity contribution in [1.82, 2.24) is 0 Å². The third-order valence-corrected chi connectivity index (χ3v) is 5.80. The summed E-state index contributed by atoms with van der Waals surface area (Å²) in [7, 11) is 0. The predicted octanol–water partition coefficient (Wildman–Crippen LogP) is 5.57. The summed E-state index contributed by atoms with van der Waals surface area (Å²) in [5, 5.41) is 0. The molecule has 2 aromatic carbocycles. The highest BCUT2D eigenvalue weighted by atomic mass is 127. The summed E-state index contributed by atoms with van der Waals surface area (Å²) in [5.74, 6) is 0.0603. The molecule has 2 rings (SSSR count). The Hall–Kier alpha value is -0.330. The van der Waals surface area contributed by atoms with E-state index in [0.29, 0.717) is 0 Å². The van der Waals surface area contributed by atoms with E-state index in [9.17, 15) is 4.79 Å². The molecule has 0 heterocycles. The van der Waals surface area contributed by atoms with E-state index in [1.165, 1.54) is 10.5 Å². The molecule has 2 aromatic rings. The fourth-order valence-electron chi connectivity index (χ4n) is 1.91. The molecule has 0 radical (unpaired) electrons. The second kappa shape index (κ2) is 7.09. The van der Waals surface area contributed by atoms with Crippen LogP contribution in [0.4, 0.5) is 0 Å². The van der Waals surface area contributed by atoms with E-state index in [4.69, 9.17) is 0 Å². The second-order valence-corrected chi connectivity index (χ2v) is 7.21. The molecule has 0 saturated heterocycles. The summed E-state index contributed by atoms with van der Waals surface area (Å²) in [6.45, 7) is 2.11. The number of benzene rings is 2. The fourth-order valence-corrected chi connectivity index (χ4v) is 4.20. The van der Waals surface area contributed by atoms with Crippen LogP contribution in [0.3, 0.4) is 0 Å². The Morgan fingerprint density at radius 2 is 1.90 bits per heavy atom. The molecular formula is C16H14BrIOS. The Kier molecular flexibility index (Phi) is 5.69. The predicted molar refractivity (Wildman–Crippen MR) is 97.9 cm³/mol. The molecule has 0 aliphatic heterocycles. The minimum atomic E-state index is 0.0603. The molecule has 0 N–H and O–H groups in total. The van der Waals surface area contributed by atoms with E-state index in [0.717, 1.165) is 25.6 Å². The van der Waals surface area contributed by atoms with Crippen LogP contribution in [-0.4, -0.2) is 12.0 Å². The highest BCUT2D eigenvalue weighted by molar-refractivity contribution is 14.1. The first kappa shape index (κ1) is 16.0. The summed E-state index contributed by atoms with van der Waals surface area (Å²) >= 11 is 7.47. The normalized spacial score (nSPS) is 10.6. The Bertz CT molecular complexity index is 638. The third-order valence-electron chi connectivity index (χ3n) is 3.11. The van der Waals surface area contributed by atoms with Crippen molar-refractivity contribution in [1.29, 1.82) is 0 Å². The Balaban J connectivity index is 2.39. The quantitative estimate of drug-likeness (QED) is 0.337. The molecule has 0 fully saturated rings. The summed E-state index contributed by atoms with van der Waals surface area (Å²) < 4.78 is 1.96. The lowest BCUT2D eigenvalue weighted by molar-refractivity contribution is 0.103. The largest absolute Gasteiger partial charge is 0.289 e. The van der Waals surface area contributed by atoms with Crippen LogP contribution in [0, 0.1) is 3.57 Å². The van der Waals surface area contributed by atoms with E-state index < -0.39 is 0 Å². The van der Waals surface area contributed by atoms with Gasteiger partial charge in [0.25, 0.3) is 0 Å². The third kappa shape index (κ3) is 3.46. The molecule has 0 amide bonds. The summed E-state index contributed by atoms with van der Waals surface area (Å²) in [6, 6.07) is 11.8. The Morgan fingerprint density at radius 1 is 1.25 bits per heavy atom. The van der Waals surface area contributed by atoms with Crippen molar-refractivity contribution in [3.63, 3.8) is 0 Å². The average Bonchev–Trinajstić information content (AvgIpc) is 2.48. The maximum absolute atomic E-state index is 12.6. The van der Waals surface area contributed by atoms with Crippen LogP contribution in [-0.2, 0) is 6.42 Å². The Morgan fingerprint density at radius 3 is 2.45 bits per heavy atom. The first-order chi connectivity index (χ1) is 9.56. The van der Waals surface area contributed by atoms with Gasteiger partial charge >= 0.3 is 0 Å². The fraction of sp³-hybridized carbons (Fsp3) is 0.188. The van der Waals surface area contributed by atoms with E-state index in [-0.39, 0.29) is 5.78 Å². The van der Waals surface area contributed by atoms with Gasteiger partial charge in [-0.1, -0.05) is 31.2 Å². The molecule has 0 aromatic heterocycles. The van der Waals surface area contributed by atoms with Gasteiger partial charge in [-0.2, -0.15) is 0 Å². The number of carbonyl (C=O) groups is 1. The van der Waals surface area contributed by atoms with Crippen LogP contribution in [0.15, 0.2) is 45.8 Å². The number of hydrogen-bond acceptors (Lipinski definition) is 2. The minimum absolute atomic E-state index is 0.0603. The van der Waals surface area contributed by atoms with Crippen LogP contribution >= 0.6 is 50.3 Å². The van der Waals surface area contributed by atoms with Crippen molar-refractivity contribution < 1.29 is 4.79 Å². The minimum Gasteiger partial charge on any atom is -0.289 e. The zero-order valence-corrected chi connectivity index (χ0v) is 15.8. The number of rotatable bonds is 4. The van der Waals surface area contributed by atoms with E-state index >= 15 is 0 Å². The van der Waals surface area contributed by atoms with Crippen molar-refractivity contribution >= 4 is 56.1 Å². The standard InChI is InChI=1S/C16H14BrIOS/c1-3-10-4-6-11(7-5-10)16(19)12-8-14(18)15(20-2)9-13(12)17/h4-9H,3H2,1-2H3. The molecular weight excluding hydrogens is 447 g/mol. The van der Waals surface area contributed by atoms with Gasteiger partial charge < -0.3 is 0 Å². The van der Waals surface area contributed by atoms with Gasteiger partial charge in [0.1, 0.15) is 0 Å². The topological polar surface area (TPSA) is 17.1 Å². The number of halogens is 2. The lowest BCUT2D eigenvalue weighted by Crippen LogP contribution is -2.03. The average molecular weight is 461 g/mol. The first-order valence-electron chi connectivity index (χ1n) is 6.23. The van der Waals surface area contributed by atoms with E-state index in [1.54, 1.807) is 11.8 Å². The van der Waals surface area contributed by atoms with Crippen LogP contribution < -0.4 is 0 Å². The lowest BCUT2D eigenvalue weighted by atomic mass is 10.0. The number of carbonyl (C=O) groups excluding carboxylic acids is 1. The molecule has 0 saturated carbocycles.